The summed E-state index contributed by atoms with van der Waals surface area (Å²) in [5, 5.41) is 12.4. The fourth-order valence-corrected chi connectivity index (χ4v) is 15.6. The fourth-order valence-electron chi connectivity index (χ4n) is 15.6. The van der Waals surface area contributed by atoms with Crippen molar-refractivity contribution in [3.8, 4) is 0 Å². The number of likely N-dealkylation sites (N-methyl/N-ethyl adjacent to an activating group) is 2. The van der Waals surface area contributed by atoms with Crippen molar-refractivity contribution in [3.63, 3.8) is 0 Å². The summed E-state index contributed by atoms with van der Waals surface area (Å²) in [5.41, 5.74) is 2.35. The lowest BCUT2D eigenvalue weighted by atomic mass is 9.47. The molecule has 2 aliphatic heterocycles. The molecule has 14 atom stereocenters. The summed E-state index contributed by atoms with van der Waals surface area (Å²) in [4.78, 5) is 56.8. The molecule has 6 aliphatic carbocycles. The Balaban J connectivity index is 0.000000197. The Morgan fingerprint density at radius 1 is 0.695 bits per heavy atom. The van der Waals surface area contributed by atoms with Crippen LogP contribution in [-0.2, 0) is 19.2 Å². The van der Waals surface area contributed by atoms with Crippen LogP contribution in [0.15, 0.2) is 42.6 Å². The van der Waals surface area contributed by atoms with Crippen molar-refractivity contribution in [2.75, 3.05) is 19.4 Å². The number of carboxylic acids is 1. The lowest BCUT2D eigenvalue weighted by Crippen LogP contribution is -2.59. The summed E-state index contributed by atoms with van der Waals surface area (Å²) in [6, 6.07) is 4.53. The highest BCUT2D eigenvalue weighted by atomic mass is 16.4. The van der Waals surface area contributed by atoms with E-state index in [4.69, 9.17) is 0 Å². The second-order valence-electron chi connectivity index (χ2n) is 20.9. The Kier molecular flexibility index (Phi) is 12.5. The Morgan fingerprint density at radius 3 is 1.61 bits per heavy atom. The van der Waals surface area contributed by atoms with Crippen LogP contribution in [0, 0.1) is 75.9 Å². The first-order valence-electron chi connectivity index (χ1n) is 22.4. The van der Waals surface area contributed by atoms with E-state index in [0.717, 1.165) is 43.5 Å². The molecule has 2 N–H and O–H groups in total. The number of nitrogens with zero attached hydrogens (tertiary/aromatic N) is 3. The monoisotopic (exact) mass is 813 g/mol. The number of carbonyl (C=O) groups excluding carboxylic acids is 3. The summed E-state index contributed by atoms with van der Waals surface area (Å²) >= 11 is 0. The lowest BCUT2D eigenvalue weighted by Gasteiger charge is -2.60. The normalized spacial score (nSPS) is 42.6. The molecule has 4 unspecified atom stereocenters. The molecule has 9 heteroatoms. The number of amides is 3. The zero-order valence-electron chi connectivity index (χ0n) is 35.6. The van der Waals surface area contributed by atoms with Gasteiger partial charge >= 0.3 is 5.97 Å². The highest BCUT2D eigenvalue weighted by Gasteiger charge is 2.62. The average Bonchev–Trinajstić information content (AvgIpc) is 3.68. The van der Waals surface area contributed by atoms with E-state index in [2.05, 4.69) is 50.1 Å². The molecule has 59 heavy (non-hydrogen) atoms. The van der Waals surface area contributed by atoms with Crippen molar-refractivity contribution in [2.45, 2.75) is 151 Å². The highest BCUT2D eigenvalue weighted by molar-refractivity contribution is 5.91. The Labute approximate surface area is 355 Å². The van der Waals surface area contributed by atoms with Gasteiger partial charge in [-0.15, -0.1) is 0 Å². The zero-order chi connectivity index (χ0) is 40.7. The van der Waals surface area contributed by atoms with Gasteiger partial charge in [0, 0.05) is 55.5 Å². The van der Waals surface area contributed by atoms with E-state index in [1.807, 2.05) is 49.0 Å². The van der Waals surface area contributed by atoms with Crippen molar-refractivity contribution in [1.29, 1.82) is 0 Å². The summed E-state index contributed by atoms with van der Waals surface area (Å²) in [6.45, 7) is 11.5. The number of rotatable bonds is 5. The van der Waals surface area contributed by atoms with Crippen LogP contribution in [0.3, 0.4) is 0 Å². The van der Waals surface area contributed by atoms with Crippen LogP contribution in [0.1, 0.15) is 138 Å². The maximum absolute atomic E-state index is 12.9. The molecular weight excluding hydrogens is 737 g/mol. The van der Waals surface area contributed by atoms with E-state index in [-0.39, 0.29) is 54.2 Å². The molecule has 3 heterocycles. The average molecular weight is 813 g/mol. The minimum atomic E-state index is -0.639. The minimum Gasteiger partial charge on any atom is -0.481 e. The first kappa shape index (κ1) is 45.0. The number of carboxylic acid groups (broad SMARTS) is 1. The van der Waals surface area contributed by atoms with Gasteiger partial charge in [0.25, 0.3) is 0 Å². The van der Waals surface area contributed by atoms with Crippen molar-refractivity contribution in [1.82, 2.24) is 14.8 Å². The van der Waals surface area contributed by atoms with Gasteiger partial charge in [-0.25, -0.2) is 0 Å². The molecule has 9 nitrogen and oxygen atoms in total. The van der Waals surface area contributed by atoms with Crippen molar-refractivity contribution < 1.29 is 24.3 Å². The number of anilines is 1. The molecular formula is C50H76N4O5. The third kappa shape index (κ3) is 7.40. The molecule has 6 saturated carbocycles. The molecule has 0 aromatic carbocycles. The van der Waals surface area contributed by atoms with E-state index in [1.54, 1.807) is 12.3 Å². The second-order valence-corrected chi connectivity index (χ2v) is 20.9. The number of carbonyl (C=O) groups is 4. The third-order valence-electron chi connectivity index (χ3n) is 18.7. The van der Waals surface area contributed by atoms with Gasteiger partial charge in [-0.3, -0.25) is 24.2 Å². The zero-order valence-corrected chi connectivity index (χ0v) is 35.6. The molecule has 9 rings (SSSR count). The molecule has 0 spiro atoms. The van der Waals surface area contributed by atoms with Gasteiger partial charge in [0.05, 0.1) is 11.9 Å². The summed E-state index contributed by atoms with van der Waals surface area (Å²) in [5.74, 6) is 4.56. The Morgan fingerprint density at radius 2 is 1.17 bits per heavy atom. The topological polar surface area (TPSA) is 120 Å². The molecule has 1 aromatic rings. The number of aliphatic carboxylic acids is 1. The summed E-state index contributed by atoms with van der Waals surface area (Å²) in [6.07, 6.45) is 24.7. The molecule has 6 fully saturated rings. The van der Waals surface area contributed by atoms with E-state index in [0.29, 0.717) is 72.3 Å². The molecule has 0 radical (unpaired) electrons. The lowest BCUT2D eigenvalue weighted by molar-refractivity contribution is -0.142. The van der Waals surface area contributed by atoms with Gasteiger partial charge in [0.1, 0.15) is 0 Å². The highest BCUT2D eigenvalue weighted by Crippen LogP contribution is 2.67. The van der Waals surface area contributed by atoms with Crippen LogP contribution in [0.25, 0.3) is 0 Å². The predicted octanol–water partition coefficient (Wildman–Crippen LogP) is 9.96. The van der Waals surface area contributed by atoms with Gasteiger partial charge in [-0.1, -0.05) is 54.7 Å². The van der Waals surface area contributed by atoms with E-state index in [1.165, 1.54) is 44.9 Å². The van der Waals surface area contributed by atoms with E-state index >= 15 is 0 Å². The molecule has 0 saturated heterocycles. The number of aryl methyl sites for hydroxylation is 1. The second kappa shape index (κ2) is 16.4. The van der Waals surface area contributed by atoms with Gasteiger partial charge in [0.2, 0.25) is 17.7 Å². The number of hydrogen-bond donors (Lipinski definition) is 2. The quantitative estimate of drug-likeness (QED) is 0.306. The standard InChI is InChI=1S/C27H37N3O2.C21H31NO3.2CH4/c1-17-5-7-19(16-28-17)29-24(31)15-18-6-9-21-20-8-10-23-27(3,14-12-25(32)30(23)4)22(20)11-13-26(18,21)2;1-20-10-8-16-14(15(20)6-4-13(20)12-19(24)25)5-7-17-21(16,2)11-9-18(23)22(17)3;;/h5,7,12,14,16,18,20-23H,6,8-11,13,15H2,1-4H3,(H,29,31);9,11,13-17H,4-8,10,12H2,1-3H3,(H,24,25);2*1H4/t18-,20?,21+,22?,23-,26-,27-;13-,14?,15+,16?,17-,20-,21-;;/m11../s1. The predicted molar refractivity (Wildman–Crippen MR) is 235 cm³/mol. The van der Waals surface area contributed by atoms with Crippen LogP contribution in [0.2, 0.25) is 0 Å². The van der Waals surface area contributed by atoms with Gasteiger partial charge in [-0.2, -0.15) is 0 Å². The molecule has 8 aliphatic rings. The fraction of sp³-hybridized carbons (Fsp3) is 0.740. The van der Waals surface area contributed by atoms with Crippen molar-refractivity contribution in [3.05, 3.63) is 48.3 Å². The molecule has 0 bridgehead atoms. The van der Waals surface area contributed by atoms with Gasteiger partial charge in [-0.05, 0) is 166 Å². The van der Waals surface area contributed by atoms with Crippen LogP contribution in [0.4, 0.5) is 5.69 Å². The molecule has 1 aromatic heterocycles. The van der Waals surface area contributed by atoms with Gasteiger partial charge in [0.15, 0.2) is 0 Å². The maximum atomic E-state index is 12.9. The largest absolute Gasteiger partial charge is 0.481 e. The Hall–Kier alpha value is -3.49. The summed E-state index contributed by atoms with van der Waals surface area (Å²) < 4.78 is 0. The SMILES string of the molecule is C.C.CN1C(=O)C=C[C@]2(C)C3CC[C@]4(C)[C@@H](CC(=O)O)CC[C@H]4C3CC[C@@H]12.Cc1ccc(NC(=O)C[C@H]2CC[C@H]3C4CC[C@H]5N(C)C(=O)C=C[C@]5(C)C4CC[C@]23C)cn1. The van der Waals surface area contributed by atoms with E-state index < -0.39 is 5.97 Å². The summed E-state index contributed by atoms with van der Waals surface area (Å²) in [7, 11) is 3.94. The number of pyridine rings is 1. The number of nitrogens with one attached hydrogen (secondary N) is 1. The van der Waals surface area contributed by atoms with Crippen LogP contribution >= 0.6 is 0 Å². The van der Waals surface area contributed by atoms with Gasteiger partial charge < -0.3 is 20.2 Å². The van der Waals surface area contributed by atoms with Crippen LogP contribution in [-0.4, -0.2) is 69.8 Å². The van der Waals surface area contributed by atoms with Crippen molar-refractivity contribution in [2.24, 2.45) is 69.0 Å². The first-order valence-corrected chi connectivity index (χ1v) is 22.4. The van der Waals surface area contributed by atoms with Crippen LogP contribution in [0.5, 0.6) is 0 Å². The molecule has 3 amide bonds. The molecule has 326 valence electrons. The smallest absolute Gasteiger partial charge is 0.303 e. The number of aromatic nitrogens is 1. The maximum Gasteiger partial charge on any atom is 0.303 e. The first-order chi connectivity index (χ1) is 27.0. The third-order valence-corrected chi connectivity index (χ3v) is 18.7. The number of fused-ring (bicyclic) bond motifs is 10. The minimum absolute atomic E-state index is 0. The van der Waals surface area contributed by atoms with Crippen molar-refractivity contribution >= 4 is 29.4 Å². The van der Waals surface area contributed by atoms with Crippen LogP contribution < -0.4 is 5.32 Å². The number of hydrogen-bond acceptors (Lipinski definition) is 5. The van der Waals surface area contributed by atoms with E-state index in [9.17, 15) is 24.3 Å². The Bertz CT molecular complexity index is 1830.